The summed E-state index contributed by atoms with van der Waals surface area (Å²) in [7, 11) is 0. The van der Waals surface area contributed by atoms with Crippen molar-refractivity contribution in [3.8, 4) is 0 Å². The van der Waals surface area contributed by atoms with E-state index in [9.17, 15) is 4.79 Å². The molecular formula is C23H21ClN6O. The van der Waals surface area contributed by atoms with Crippen LogP contribution < -0.4 is 5.73 Å². The zero-order chi connectivity index (χ0) is 21.6. The van der Waals surface area contributed by atoms with Gasteiger partial charge in [-0.05, 0) is 29.0 Å². The van der Waals surface area contributed by atoms with Crippen LogP contribution in [0.3, 0.4) is 0 Å². The summed E-state index contributed by atoms with van der Waals surface area (Å²) in [4.78, 5) is 29.8. The van der Waals surface area contributed by atoms with Gasteiger partial charge in [0.1, 0.15) is 0 Å². The Balaban J connectivity index is 0.000000192. The Kier molecular flexibility index (Phi) is 6.24. The molecule has 4 heterocycles. The minimum absolute atomic E-state index is 0.146. The number of carbonyl (C=O) groups is 1. The number of H-pyrrole nitrogens is 1. The SMILES string of the molecule is N/C=C(/C(=O)N1CCc2nc[nH]c2C1)c1ccc(Cl)cn1.c1ccc2cnccc2c1. The number of benzene rings is 1. The van der Waals surface area contributed by atoms with Crippen molar-refractivity contribution in [1.29, 1.82) is 0 Å². The molecule has 1 aromatic carbocycles. The maximum Gasteiger partial charge on any atom is 0.257 e. The van der Waals surface area contributed by atoms with Gasteiger partial charge in [-0.25, -0.2) is 4.98 Å². The van der Waals surface area contributed by atoms with Gasteiger partial charge >= 0.3 is 0 Å². The fourth-order valence-electron chi connectivity index (χ4n) is 3.38. The number of aromatic nitrogens is 4. The first-order chi connectivity index (χ1) is 15.2. The van der Waals surface area contributed by atoms with Crippen molar-refractivity contribution in [2.24, 2.45) is 5.73 Å². The third kappa shape index (κ3) is 4.73. The molecule has 8 heteroatoms. The van der Waals surface area contributed by atoms with Crippen LogP contribution in [0.15, 0.2) is 73.6 Å². The molecule has 31 heavy (non-hydrogen) atoms. The van der Waals surface area contributed by atoms with Crippen molar-refractivity contribution in [3.05, 3.63) is 95.7 Å². The molecule has 0 saturated carbocycles. The molecule has 1 aliphatic heterocycles. The standard InChI is InChI=1S/C14H14ClN5O.C9H7N/c15-9-1-2-11(17-6-9)10(5-16)14(21)20-4-3-12-13(7-20)19-8-18-12;1-2-4-9-7-10-6-5-8(9)3-1/h1-2,5-6,8H,3-4,7,16H2,(H,18,19);1-7H/b10-5+;. The highest BCUT2D eigenvalue weighted by Crippen LogP contribution is 2.21. The number of fused-ring (bicyclic) bond motifs is 2. The largest absolute Gasteiger partial charge is 0.404 e. The lowest BCUT2D eigenvalue weighted by molar-refractivity contribution is -0.126. The number of imidazole rings is 1. The van der Waals surface area contributed by atoms with Crippen molar-refractivity contribution in [2.45, 2.75) is 13.0 Å². The second kappa shape index (κ2) is 9.40. The van der Waals surface area contributed by atoms with E-state index in [1.807, 2.05) is 30.6 Å². The molecule has 1 amide bonds. The molecule has 0 spiro atoms. The van der Waals surface area contributed by atoms with Crippen molar-refractivity contribution >= 4 is 33.9 Å². The van der Waals surface area contributed by atoms with Crippen LogP contribution >= 0.6 is 11.6 Å². The lowest BCUT2D eigenvalue weighted by atomic mass is 10.1. The van der Waals surface area contributed by atoms with Gasteiger partial charge in [0.15, 0.2) is 0 Å². The van der Waals surface area contributed by atoms with E-state index in [2.05, 4.69) is 32.1 Å². The van der Waals surface area contributed by atoms with Gasteiger partial charge in [0.2, 0.25) is 0 Å². The molecule has 0 aliphatic carbocycles. The van der Waals surface area contributed by atoms with Crippen LogP contribution in [0.4, 0.5) is 0 Å². The van der Waals surface area contributed by atoms with Gasteiger partial charge in [-0.15, -0.1) is 0 Å². The third-order valence-electron chi connectivity index (χ3n) is 5.01. The second-order valence-electron chi connectivity index (χ2n) is 6.97. The van der Waals surface area contributed by atoms with Crippen LogP contribution in [-0.4, -0.2) is 37.3 Å². The van der Waals surface area contributed by atoms with Crippen LogP contribution in [0.25, 0.3) is 16.3 Å². The Morgan fingerprint density at radius 1 is 1.10 bits per heavy atom. The number of halogens is 1. The lowest BCUT2D eigenvalue weighted by Crippen LogP contribution is -2.36. The third-order valence-corrected chi connectivity index (χ3v) is 5.24. The van der Waals surface area contributed by atoms with E-state index in [0.717, 1.165) is 17.8 Å². The normalized spacial score (nSPS) is 13.3. The average Bonchev–Trinajstić information content (AvgIpc) is 3.29. The minimum Gasteiger partial charge on any atom is -0.404 e. The van der Waals surface area contributed by atoms with Gasteiger partial charge in [0.25, 0.3) is 5.91 Å². The molecule has 7 nitrogen and oxygen atoms in total. The molecule has 1 aliphatic rings. The quantitative estimate of drug-likeness (QED) is 0.471. The zero-order valence-electron chi connectivity index (χ0n) is 16.7. The van der Waals surface area contributed by atoms with Crippen LogP contribution in [-0.2, 0) is 17.8 Å². The highest BCUT2D eigenvalue weighted by Gasteiger charge is 2.25. The fraction of sp³-hybridized carbons (Fsp3) is 0.130. The monoisotopic (exact) mass is 432 g/mol. The molecule has 0 atom stereocenters. The number of hydrogen-bond donors (Lipinski definition) is 2. The summed E-state index contributed by atoms with van der Waals surface area (Å²) in [5.74, 6) is -0.146. The molecular weight excluding hydrogens is 412 g/mol. The van der Waals surface area contributed by atoms with Gasteiger partial charge in [-0.2, -0.15) is 0 Å². The molecule has 5 rings (SSSR count). The Morgan fingerprint density at radius 3 is 2.68 bits per heavy atom. The van der Waals surface area contributed by atoms with Crippen molar-refractivity contribution in [1.82, 2.24) is 24.8 Å². The van der Waals surface area contributed by atoms with Crippen molar-refractivity contribution < 1.29 is 4.79 Å². The molecule has 0 saturated heterocycles. The topological polar surface area (TPSA) is 101 Å². The summed E-state index contributed by atoms with van der Waals surface area (Å²) in [6, 6.07) is 13.6. The summed E-state index contributed by atoms with van der Waals surface area (Å²) >= 11 is 5.81. The number of pyridine rings is 2. The number of nitrogens with one attached hydrogen (secondary N) is 1. The summed E-state index contributed by atoms with van der Waals surface area (Å²) in [6.07, 6.45) is 8.85. The Morgan fingerprint density at radius 2 is 1.94 bits per heavy atom. The Hall–Kier alpha value is -3.71. The highest BCUT2D eigenvalue weighted by atomic mass is 35.5. The number of hydrogen-bond acceptors (Lipinski definition) is 5. The summed E-state index contributed by atoms with van der Waals surface area (Å²) in [5, 5.41) is 2.96. The van der Waals surface area contributed by atoms with Crippen molar-refractivity contribution in [2.75, 3.05) is 6.54 Å². The zero-order valence-corrected chi connectivity index (χ0v) is 17.5. The van der Waals surface area contributed by atoms with Crippen LogP contribution in [0, 0.1) is 0 Å². The molecule has 0 radical (unpaired) electrons. The molecule has 3 N–H and O–H groups in total. The summed E-state index contributed by atoms with van der Waals surface area (Å²) in [5.41, 5.74) is 8.49. The molecule has 0 bridgehead atoms. The maximum absolute atomic E-state index is 12.6. The number of aromatic amines is 1. The summed E-state index contributed by atoms with van der Waals surface area (Å²) < 4.78 is 0. The fourth-order valence-corrected chi connectivity index (χ4v) is 3.50. The van der Waals surface area contributed by atoms with E-state index in [1.54, 1.807) is 23.4 Å². The van der Waals surface area contributed by atoms with Crippen LogP contribution in [0.5, 0.6) is 0 Å². The number of amides is 1. The van der Waals surface area contributed by atoms with E-state index in [0.29, 0.717) is 29.4 Å². The van der Waals surface area contributed by atoms with Gasteiger partial charge in [-0.1, -0.05) is 35.9 Å². The second-order valence-corrected chi connectivity index (χ2v) is 7.41. The van der Waals surface area contributed by atoms with Gasteiger partial charge in [-0.3, -0.25) is 14.8 Å². The van der Waals surface area contributed by atoms with Gasteiger partial charge in [0, 0.05) is 37.8 Å². The molecule has 4 aromatic rings. The summed E-state index contributed by atoms with van der Waals surface area (Å²) in [6.45, 7) is 1.11. The van der Waals surface area contributed by atoms with Gasteiger partial charge < -0.3 is 15.6 Å². The number of nitrogens with zero attached hydrogens (tertiary/aromatic N) is 4. The molecule has 156 valence electrons. The maximum atomic E-state index is 12.6. The first kappa shape index (κ1) is 20.6. The first-order valence-corrected chi connectivity index (χ1v) is 10.2. The Bertz CT molecular complexity index is 1150. The molecule has 0 unspecified atom stereocenters. The predicted molar refractivity (Wildman–Crippen MR) is 121 cm³/mol. The van der Waals surface area contributed by atoms with Gasteiger partial charge in [0.05, 0.1) is 40.5 Å². The van der Waals surface area contributed by atoms with Crippen molar-refractivity contribution in [3.63, 3.8) is 0 Å². The number of carbonyl (C=O) groups excluding carboxylic acids is 1. The minimum atomic E-state index is -0.146. The number of nitrogens with two attached hydrogens (primary N) is 1. The lowest BCUT2D eigenvalue weighted by Gasteiger charge is -2.27. The van der Waals surface area contributed by atoms with Crippen LogP contribution in [0.1, 0.15) is 17.1 Å². The van der Waals surface area contributed by atoms with Crippen LogP contribution in [0.2, 0.25) is 5.02 Å². The molecule has 0 fully saturated rings. The van der Waals surface area contributed by atoms with E-state index in [1.165, 1.54) is 23.2 Å². The van der Waals surface area contributed by atoms with E-state index >= 15 is 0 Å². The highest BCUT2D eigenvalue weighted by molar-refractivity contribution is 6.30. The van der Waals surface area contributed by atoms with E-state index in [-0.39, 0.29) is 5.91 Å². The average molecular weight is 433 g/mol. The first-order valence-electron chi connectivity index (χ1n) is 9.78. The smallest absolute Gasteiger partial charge is 0.257 e. The van der Waals surface area contributed by atoms with E-state index in [4.69, 9.17) is 17.3 Å². The molecule has 3 aromatic heterocycles. The number of rotatable bonds is 2. The Labute approximate surface area is 184 Å². The van der Waals surface area contributed by atoms with E-state index < -0.39 is 0 Å². The predicted octanol–water partition coefficient (Wildman–Crippen LogP) is 3.58.